The van der Waals surface area contributed by atoms with E-state index in [0.29, 0.717) is 17.8 Å². The summed E-state index contributed by atoms with van der Waals surface area (Å²) in [6.45, 7) is 7.29. The first-order valence-electron chi connectivity index (χ1n) is 7.55. The number of nitrogens with one attached hydrogen (secondary N) is 2. The Morgan fingerprint density at radius 1 is 1.13 bits per heavy atom. The first-order chi connectivity index (χ1) is 10.6. The zero-order valence-electron chi connectivity index (χ0n) is 13.8. The molecule has 1 aromatic carbocycles. The number of carbonyl (C=O) groups is 3. The van der Waals surface area contributed by atoms with Gasteiger partial charge in [0, 0.05) is 16.8 Å². The molecule has 2 rings (SSSR count). The maximum absolute atomic E-state index is 12.1. The van der Waals surface area contributed by atoms with E-state index in [2.05, 4.69) is 10.6 Å². The van der Waals surface area contributed by atoms with Gasteiger partial charge < -0.3 is 15.7 Å². The lowest BCUT2D eigenvalue weighted by Gasteiger charge is -2.18. The van der Waals surface area contributed by atoms with Crippen LogP contribution in [0.2, 0.25) is 0 Å². The van der Waals surface area contributed by atoms with E-state index in [9.17, 15) is 14.4 Å². The molecule has 6 heteroatoms. The molecule has 0 heterocycles. The van der Waals surface area contributed by atoms with Crippen LogP contribution in [0.25, 0.3) is 0 Å². The number of carboxylic acids is 1. The van der Waals surface area contributed by atoms with Crippen LogP contribution in [0.15, 0.2) is 18.2 Å². The smallest absolute Gasteiger partial charge is 0.307 e. The zero-order chi connectivity index (χ0) is 17.4. The second-order valence-electron chi connectivity index (χ2n) is 7.01. The normalized spacial score (nSPS) is 19.8. The van der Waals surface area contributed by atoms with Crippen molar-refractivity contribution >= 4 is 29.2 Å². The molecule has 0 aromatic heterocycles. The van der Waals surface area contributed by atoms with Gasteiger partial charge in [0.25, 0.3) is 0 Å². The minimum absolute atomic E-state index is 0.119. The van der Waals surface area contributed by atoms with Gasteiger partial charge in [-0.2, -0.15) is 0 Å². The van der Waals surface area contributed by atoms with Crippen molar-refractivity contribution in [2.45, 2.75) is 34.1 Å². The number of benzene rings is 1. The molecule has 23 heavy (non-hydrogen) atoms. The van der Waals surface area contributed by atoms with Crippen LogP contribution in [-0.4, -0.2) is 22.9 Å². The summed E-state index contributed by atoms with van der Waals surface area (Å²) in [5.74, 6) is -2.40. The number of hydrogen-bond acceptors (Lipinski definition) is 3. The fourth-order valence-corrected chi connectivity index (χ4v) is 2.14. The minimum atomic E-state index is -0.937. The largest absolute Gasteiger partial charge is 0.481 e. The summed E-state index contributed by atoms with van der Waals surface area (Å²) in [6, 6.07) is 5.26. The van der Waals surface area contributed by atoms with Crippen molar-refractivity contribution in [1.82, 2.24) is 0 Å². The molecule has 1 aliphatic rings. The Morgan fingerprint density at radius 3 is 2.30 bits per heavy atom. The highest BCUT2D eigenvalue weighted by Gasteiger charge is 2.48. The van der Waals surface area contributed by atoms with Gasteiger partial charge in [-0.15, -0.1) is 0 Å². The van der Waals surface area contributed by atoms with Gasteiger partial charge in [-0.25, -0.2) is 0 Å². The molecule has 2 atom stereocenters. The molecule has 6 nitrogen and oxygen atoms in total. The van der Waals surface area contributed by atoms with Crippen LogP contribution in [0.4, 0.5) is 11.4 Å². The predicted octanol–water partition coefficient (Wildman–Crippen LogP) is 2.64. The fourth-order valence-electron chi connectivity index (χ4n) is 2.14. The van der Waals surface area contributed by atoms with E-state index in [1.807, 2.05) is 27.7 Å². The summed E-state index contributed by atoms with van der Waals surface area (Å²) in [7, 11) is 0. The van der Waals surface area contributed by atoms with Gasteiger partial charge in [-0.3, -0.25) is 14.4 Å². The van der Waals surface area contributed by atoms with E-state index < -0.39 is 23.2 Å². The molecule has 1 fully saturated rings. The van der Waals surface area contributed by atoms with Gasteiger partial charge >= 0.3 is 5.97 Å². The second-order valence-corrected chi connectivity index (χ2v) is 7.01. The molecular weight excluding hydrogens is 296 g/mol. The zero-order valence-corrected chi connectivity index (χ0v) is 13.8. The number of aliphatic carboxylic acids is 1. The standard InChI is InChI=1S/C17H22N2O4/c1-9-5-6-10(18-16(23)17(2,3)4)7-13(9)19-14(20)11-8-12(11)15(21)22/h5-7,11-12H,8H2,1-4H3,(H,18,23)(H,19,20)(H,21,22). The lowest BCUT2D eigenvalue weighted by Crippen LogP contribution is -2.27. The average Bonchev–Trinajstić information content (AvgIpc) is 3.22. The monoisotopic (exact) mass is 318 g/mol. The summed E-state index contributed by atoms with van der Waals surface area (Å²) in [5, 5.41) is 14.5. The van der Waals surface area contributed by atoms with Gasteiger partial charge in [0.15, 0.2) is 0 Å². The number of carbonyl (C=O) groups excluding carboxylic acids is 2. The van der Waals surface area contributed by atoms with Crippen LogP contribution in [0.5, 0.6) is 0 Å². The molecular formula is C17H22N2O4. The third-order valence-corrected chi connectivity index (χ3v) is 3.88. The van der Waals surface area contributed by atoms with Crippen molar-refractivity contribution in [2.24, 2.45) is 17.3 Å². The van der Waals surface area contributed by atoms with Crippen molar-refractivity contribution in [2.75, 3.05) is 10.6 Å². The van der Waals surface area contributed by atoms with Crippen LogP contribution < -0.4 is 10.6 Å². The summed E-state index contributed by atoms with van der Waals surface area (Å²) in [4.78, 5) is 34.9. The predicted molar refractivity (Wildman–Crippen MR) is 87.1 cm³/mol. The van der Waals surface area contributed by atoms with Crippen molar-refractivity contribution in [3.63, 3.8) is 0 Å². The summed E-state index contributed by atoms with van der Waals surface area (Å²) in [6.07, 6.45) is 0.376. The lowest BCUT2D eigenvalue weighted by molar-refractivity contribution is -0.139. The molecule has 0 radical (unpaired) electrons. The van der Waals surface area contributed by atoms with E-state index in [4.69, 9.17) is 5.11 Å². The molecule has 1 aromatic rings. The fraction of sp³-hybridized carbons (Fsp3) is 0.471. The molecule has 124 valence electrons. The Morgan fingerprint density at radius 2 is 1.78 bits per heavy atom. The van der Waals surface area contributed by atoms with Crippen molar-refractivity contribution in [3.05, 3.63) is 23.8 Å². The Bertz CT molecular complexity index is 661. The van der Waals surface area contributed by atoms with Gasteiger partial charge in [0.05, 0.1) is 11.8 Å². The van der Waals surface area contributed by atoms with Crippen molar-refractivity contribution in [3.8, 4) is 0 Å². The molecule has 0 spiro atoms. The van der Waals surface area contributed by atoms with Gasteiger partial charge in [-0.05, 0) is 31.0 Å². The van der Waals surface area contributed by atoms with Crippen LogP contribution in [-0.2, 0) is 14.4 Å². The summed E-state index contributed by atoms with van der Waals surface area (Å²) < 4.78 is 0. The second kappa shape index (κ2) is 6.02. The molecule has 2 amide bonds. The highest BCUT2D eigenvalue weighted by molar-refractivity contribution is 6.00. The number of aryl methyl sites for hydroxylation is 1. The van der Waals surface area contributed by atoms with E-state index in [0.717, 1.165) is 5.56 Å². The lowest BCUT2D eigenvalue weighted by atomic mass is 9.95. The molecule has 3 N–H and O–H groups in total. The molecule has 1 aliphatic carbocycles. The number of amides is 2. The highest BCUT2D eigenvalue weighted by Crippen LogP contribution is 2.39. The number of hydrogen-bond donors (Lipinski definition) is 3. The van der Waals surface area contributed by atoms with E-state index in [-0.39, 0.29) is 11.8 Å². The number of rotatable bonds is 4. The van der Waals surface area contributed by atoms with E-state index in [1.165, 1.54) is 0 Å². The molecule has 0 saturated heterocycles. The van der Waals surface area contributed by atoms with Crippen LogP contribution in [0.1, 0.15) is 32.8 Å². The molecule has 1 saturated carbocycles. The van der Waals surface area contributed by atoms with Gasteiger partial charge in [-0.1, -0.05) is 26.8 Å². The van der Waals surface area contributed by atoms with Crippen molar-refractivity contribution < 1.29 is 19.5 Å². The van der Waals surface area contributed by atoms with Crippen LogP contribution >= 0.6 is 0 Å². The Kier molecular flexibility index (Phi) is 4.45. The van der Waals surface area contributed by atoms with Crippen molar-refractivity contribution in [1.29, 1.82) is 0 Å². The topological polar surface area (TPSA) is 95.5 Å². The number of anilines is 2. The first kappa shape index (κ1) is 17.0. The first-order valence-corrected chi connectivity index (χ1v) is 7.55. The quantitative estimate of drug-likeness (QED) is 0.795. The highest BCUT2D eigenvalue weighted by atomic mass is 16.4. The summed E-state index contributed by atoms with van der Waals surface area (Å²) in [5.41, 5.74) is 1.51. The Labute approximate surface area is 135 Å². The SMILES string of the molecule is Cc1ccc(NC(=O)C(C)(C)C)cc1NC(=O)C1CC1C(=O)O. The maximum Gasteiger partial charge on any atom is 0.307 e. The Hall–Kier alpha value is -2.37. The minimum Gasteiger partial charge on any atom is -0.481 e. The Balaban J connectivity index is 2.08. The van der Waals surface area contributed by atoms with E-state index in [1.54, 1.807) is 18.2 Å². The van der Waals surface area contributed by atoms with Gasteiger partial charge in [0.1, 0.15) is 0 Å². The summed E-state index contributed by atoms with van der Waals surface area (Å²) >= 11 is 0. The van der Waals surface area contributed by atoms with E-state index >= 15 is 0 Å². The molecule has 0 aliphatic heterocycles. The maximum atomic E-state index is 12.1. The molecule has 0 bridgehead atoms. The average molecular weight is 318 g/mol. The van der Waals surface area contributed by atoms with Crippen LogP contribution in [0.3, 0.4) is 0 Å². The molecule has 2 unspecified atom stereocenters. The third kappa shape index (κ3) is 4.09. The third-order valence-electron chi connectivity index (χ3n) is 3.88. The van der Waals surface area contributed by atoms with Crippen LogP contribution in [0, 0.1) is 24.2 Å². The number of carboxylic acid groups (broad SMARTS) is 1. The van der Waals surface area contributed by atoms with Gasteiger partial charge in [0.2, 0.25) is 11.8 Å².